The summed E-state index contributed by atoms with van der Waals surface area (Å²) in [5, 5.41) is 18.2. The van der Waals surface area contributed by atoms with E-state index in [9.17, 15) is 4.79 Å². The monoisotopic (exact) mass is 427 g/mol. The first-order chi connectivity index (χ1) is 12.5. The number of rotatable bonds is 7. The maximum atomic E-state index is 12.2. The van der Waals surface area contributed by atoms with Crippen LogP contribution in [0.2, 0.25) is 10.0 Å². The Balaban J connectivity index is 1.54. The van der Waals surface area contributed by atoms with E-state index in [4.69, 9.17) is 23.2 Å². The van der Waals surface area contributed by atoms with Crippen LogP contribution in [0.25, 0.3) is 0 Å². The zero-order chi connectivity index (χ0) is 18.5. The predicted octanol–water partition coefficient (Wildman–Crippen LogP) is 4.06. The number of nitrogens with zero attached hydrogens (tertiary/aromatic N) is 4. The van der Waals surface area contributed by atoms with Gasteiger partial charge in [0.1, 0.15) is 0 Å². The third kappa shape index (κ3) is 4.97. The molecule has 0 spiro atoms. The van der Waals surface area contributed by atoms with E-state index in [-0.39, 0.29) is 17.7 Å². The van der Waals surface area contributed by atoms with E-state index in [2.05, 4.69) is 20.8 Å². The lowest BCUT2D eigenvalue weighted by Crippen LogP contribution is -2.28. The first-order valence-corrected chi connectivity index (χ1v) is 10.3. The Bertz CT molecular complexity index is 885. The quantitative estimate of drug-likeness (QED) is 0.575. The molecular weight excluding hydrogens is 413 g/mol. The van der Waals surface area contributed by atoms with E-state index in [0.717, 1.165) is 10.4 Å². The van der Waals surface area contributed by atoms with Crippen LogP contribution >= 0.6 is 46.3 Å². The summed E-state index contributed by atoms with van der Waals surface area (Å²) in [6, 6.07) is 9.13. The fraction of sp³-hybridized carbons (Fsp3) is 0.250. The molecule has 0 aliphatic rings. The van der Waals surface area contributed by atoms with Gasteiger partial charge >= 0.3 is 0 Å². The maximum Gasteiger partial charge on any atom is 0.230 e. The molecule has 2 aromatic heterocycles. The van der Waals surface area contributed by atoms with Crippen LogP contribution in [0.15, 0.2) is 40.9 Å². The van der Waals surface area contributed by atoms with Crippen LogP contribution in [0, 0.1) is 0 Å². The molecule has 2 heterocycles. The van der Waals surface area contributed by atoms with Crippen molar-refractivity contribution in [1.29, 1.82) is 0 Å². The van der Waals surface area contributed by atoms with Crippen molar-refractivity contribution in [3.8, 4) is 0 Å². The Morgan fingerprint density at radius 1 is 1.35 bits per heavy atom. The molecule has 1 unspecified atom stereocenters. The van der Waals surface area contributed by atoms with Gasteiger partial charge in [-0.1, -0.05) is 47.1 Å². The lowest BCUT2D eigenvalue weighted by Gasteiger charge is -2.14. The number of nitrogens with one attached hydrogen (secondary N) is 1. The smallest absolute Gasteiger partial charge is 0.230 e. The summed E-state index contributed by atoms with van der Waals surface area (Å²) in [4.78, 5) is 13.4. The predicted molar refractivity (Wildman–Crippen MR) is 105 cm³/mol. The minimum absolute atomic E-state index is 0.112. The van der Waals surface area contributed by atoms with Gasteiger partial charge in [0.15, 0.2) is 0 Å². The molecule has 1 amide bonds. The van der Waals surface area contributed by atoms with Crippen molar-refractivity contribution in [2.75, 3.05) is 5.75 Å². The first-order valence-electron chi connectivity index (χ1n) is 7.68. The van der Waals surface area contributed by atoms with E-state index >= 15 is 0 Å². The highest BCUT2D eigenvalue weighted by molar-refractivity contribution is 7.99. The molecule has 0 radical (unpaired) electrons. The summed E-state index contributed by atoms with van der Waals surface area (Å²) in [6.45, 7) is 2.48. The number of aromatic nitrogens is 4. The van der Waals surface area contributed by atoms with E-state index in [1.807, 2.05) is 30.5 Å². The van der Waals surface area contributed by atoms with Crippen molar-refractivity contribution < 1.29 is 4.79 Å². The average Bonchev–Trinajstić information content (AvgIpc) is 3.28. The molecule has 0 saturated carbocycles. The SMILES string of the molecule is CC(NC(=O)CSc1nnnn1Cc1cccs1)c1ccc(Cl)c(Cl)c1. The third-order valence-electron chi connectivity index (χ3n) is 3.54. The van der Waals surface area contributed by atoms with Gasteiger partial charge in [-0.3, -0.25) is 4.79 Å². The van der Waals surface area contributed by atoms with Gasteiger partial charge in [0.2, 0.25) is 11.1 Å². The summed E-state index contributed by atoms with van der Waals surface area (Å²) < 4.78 is 1.69. The molecule has 26 heavy (non-hydrogen) atoms. The van der Waals surface area contributed by atoms with Crippen LogP contribution in [0.4, 0.5) is 0 Å². The van der Waals surface area contributed by atoms with Crippen molar-refractivity contribution in [3.63, 3.8) is 0 Å². The summed E-state index contributed by atoms with van der Waals surface area (Å²) in [5.41, 5.74) is 0.889. The Kier molecular flexibility index (Phi) is 6.53. The van der Waals surface area contributed by atoms with E-state index < -0.39 is 0 Å². The van der Waals surface area contributed by atoms with Crippen molar-refractivity contribution in [2.24, 2.45) is 0 Å². The number of hydrogen-bond donors (Lipinski definition) is 1. The maximum absolute atomic E-state index is 12.2. The standard InChI is InChI=1S/C16H15Cl2N5OS2/c1-10(11-4-5-13(17)14(18)7-11)19-15(24)9-26-16-20-21-22-23(16)8-12-3-2-6-25-12/h2-7,10H,8-9H2,1H3,(H,19,24). The van der Waals surface area contributed by atoms with Gasteiger partial charge in [-0.2, -0.15) is 0 Å². The molecule has 0 saturated heterocycles. The molecule has 1 N–H and O–H groups in total. The highest BCUT2D eigenvalue weighted by atomic mass is 35.5. The van der Waals surface area contributed by atoms with Crippen LogP contribution < -0.4 is 5.32 Å². The van der Waals surface area contributed by atoms with Crippen LogP contribution in [-0.4, -0.2) is 31.9 Å². The second kappa shape index (κ2) is 8.85. The molecule has 136 valence electrons. The van der Waals surface area contributed by atoms with Crippen LogP contribution in [0.3, 0.4) is 0 Å². The molecule has 1 atom stereocenters. The van der Waals surface area contributed by atoms with E-state index in [0.29, 0.717) is 21.7 Å². The zero-order valence-corrected chi connectivity index (χ0v) is 16.9. The van der Waals surface area contributed by atoms with Gasteiger partial charge in [-0.25, -0.2) is 4.68 Å². The number of tetrazole rings is 1. The number of thioether (sulfide) groups is 1. The molecule has 0 aliphatic heterocycles. The summed E-state index contributed by atoms with van der Waals surface area (Å²) >= 11 is 14.9. The van der Waals surface area contributed by atoms with Crippen LogP contribution in [0.5, 0.6) is 0 Å². The first kappa shape index (κ1) is 19.2. The molecule has 6 nitrogen and oxygen atoms in total. The molecule has 0 aliphatic carbocycles. The van der Waals surface area contributed by atoms with Gasteiger partial charge in [-0.15, -0.1) is 16.4 Å². The molecule has 3 rings (SSSR count). The van der Waals surface area contributed by atoms with Crippen molar-refractivity contribution >= 4 is 52.2 Å². The Labute approximate surface area is 168 Å². The van der Waals surface area contributed by atoms with Crippen molar-refractivity contribution in [3.05, 3.63) is 56.2 Å². The summed E-state index contributed by atoms with van der Waals surface area (Å²) in [7, 11) is 0. The van der Waals surface area contributed by atoms with Gasteiger partial charge in [-0.05, 0) is 46.5 Å². The molecular formula is C16H15Cl2N5OS2. The molecule has 3 aromatic rings. The number of halogens is 2. The topological polar surface area (TPSA) is 72.7 Å². The molecule has 10 heteroatoms. The normalized spacial score (nSPS) is 12.1. The van der Waals surface area contributed by atoms with Crippen LogP contribution in [-0.2, 0) is 11.3 Å². The second-order valence-corrected chi connectivity index (χ2v) is 8.24. The van der Waals surface area contributed by atoms with Crippen molar-refractivity contribution in [1.82, 2.24) is 25.5 Å². The average molecular weight is 428 g/mol. The van der Waals surface area contributed by atoms with Gasteiger partial charge in [0.25, 0.3) is 0 Å². The molecule has 1 aromatic carbocycles. The minimum Gasteiger partial charge on any atom is -0.349 e. The lowest BCUT2D eigenvalue weighted by atomic mass is 10.1. The number of hydrogen-bond acceptors (Lipinski definition) is 6. The Morgan fingerprint density at radius 2 is 2.19 bits per heavy atom. The summed E-state index contributed by atoms with van der Waals surface area (Å²) in [6.07, 6.45) is 0. The third-order valence-corrected chi connectivity index (χ3v) is 6.10. The van der Waals surface area contributed by atoms with Crippen LogP contribution in [0.1, 0.15) is 23.4 Å². The zero-order valence-electron chi connectivity index (χ0n) is 13.7. The van der Waals surface area contributed by atoms with E-state index in [1.54, 1.807) is 28.2 Å². The van der Waals surface area contributed by atoms with Gasteiger partial charge < -0.3 is 5.32 Å². The molecule has 0 fully saturated rings. The number of benzene rings is 1. The second-order valence-electron chi connectivity index (χ2n) is 5.45. The van der Waals surface area contributed by atoms with Gasteiger partial charge in [0.05, 0.1) is 28.4 Å². The molecule has 0 bridgehead atoms. The highest BCUT2D eigenvalue weighted by Crippen LogP contribution is 2.25. The minimum atomic E-state index is -0.181. The fourth-order valence-electron chi connectivity index (χ4n) is 2.23. The van der Waals surface area contributed by atoms with E-state index in [1.165, 1.54) is 11.8 Å². The Morgan fingerprint density at radius 3 is 2.92 bits per heavy atom. The lowest BCUT2D eigenvalue weighted by molar-refractivity contribution is -0.119. The summed E-state index contributed by atoms with van der Waals surface area (Å²) in [5.74, 6) is 0.107. The number of amides is 1. The van der Waals surface area contributed by atoms with Gasteiger partial charge in [0, 0.05) is 4.88 Å². The number of carbonyl (C=O) groups is 1. The highest BCUT2D eigenvalue weighted by Gasteiger charge is 2.14. The number of carbonyl (C=O) groups excluding carboxylic acids is 1. The largest absolute Gasteiger partial charge is 0.349 e. The Hall–Kier alpha value is -1.61. The van der Waals surface area contributed by atoms with Crippen molar-refractivity contribution in [2.45, 2.75) is 24.7 Å². The number of thiophene rings is 1. The fourth-order valence-corrected chi connectivity index (χ4v) is 3.91.